The molecule has 0 aliphatic heterocycles. The third-order valence-electron chi connectivity index (χ3n) is 3.06. The molecule has 3 nitrogen and oxygen atoms in total. The molecule has 0 aliphatic rings. The molecule has 0 saturated heterocycles. The number of nitrogens with two attached hydrogens (primary N) is 1. The van der Waals surface area contributed by atoms with E-state index < -0.39 is 0 Å². The first-order valence-electron chi connectivity index (χ1n) is 6.76. The highest BCUT2D eigenvalue weighted by Gasteiger charge is 2.10. The maximum Gasteiger partial charge on any atom is 0.119 e. The molecule has 0 heterocycles. The van der Waals surface area contributed by atoms with Crippen LogP contribution in [0.2, 0.25) is 0 Å². The van der Waals surface area contributed by atoms with Crippen molar-refractivity contribution in [3.63, 3.8) is 0 Å². The smallest absolute Gasteiger partial charge is 0.119 e. The Labute approximate surface area is 120 Å². The Hall–Kier alpha value is -2.00. The van der Waals surface area contributed by atoms with Gasteiger partial charge in [0.05, 0.1) is 19.3 Å². The zero-order valence-corrected chi connectivity index (χ0v) is 12.2. The second-order valence-electron chi connectivity index (χ2n) is 4.99. The summed E-state index contributed by atoms with van der Waals surface area (Å²) in [5.74, 6) is 1.68. The minimum absolute atomic E-state index is 0.168. The summed E-state index contributed by atoms with van der Waals surface area (Å²) in [6, 6.07) is 15.6. The molecule has 0 aromatic heterocycles. The summed E-state index contributed by atoms with van der Waals surface area (Å²) in [5.41, 5.74) is 8.37. The molecule has 2 rings (SSSR count). The van der Waals surface area contributed by atoms with Crippen LogP contribution in [0, 0.1) is 0 Å². The van der Waals surface area contributed by atoms with Crippen molar-refractivity contribution in [2.45, 2.75) is 26.0 Å². The van der Waals surface area contributed by atoms with Crippen molar-refractivity contribution in [3.05, 3.63) is 59.7 Å². The maximum absolute atomic E-state index is 6.29. The van der Waals surface area contributed by atoms with Crippen molar-refractivity contribution in [3.8, 4) is 11.5 Å². The topological polar surface area (TPSA) is 44.5 Å². The highest BCUT2D eigenvalue weighted by Crippen LogP contribution is 2.25. The fourth-order valence-corrected chi connectivity index (χ4v) is 2.05. The largest absolute Gasteiger partial charge is 0.497 e. The molecule has 2 N–H and O–H groups in total. The fraction of sp³-hybridized carbons (Fsp3) is 0.294. The molecular weight excluding hydrogens is 250 g/mol. The highest BCUT2D eigenvalue weighted by molar-refractivity contribution is 5.38. The highest BCUT2D eigenvalue weighted by atomic mass is 16.5. The molecule has 1 unspecified atom stereocenters. The molecule has 20 heavy (non-hydrogen) atoms. The van der Waals surface area contributed by atoms with Crippen LogP contribution in [0.4, 0.5) is 0 Å². The molecule has 0 radical (unpaired) electrons. The first kappa shape index (κ1) is 14.4. The van der Waals surface area contributed by atoms with Crippen molar-refractivity contribution in [2.75, 3.05) is 7.11 Å². The van der Waals surface area contributed by atoms with E-state index >= 15 is 0 Å². The van der Waals surface area contributed by atoms with E-state index in [0.717, 1.165) is 22.6 Å². The normalized spacial score (nSPS) is 12.2. The van der Waals surface area contributed by atoms with Crippen LogP contribution in [-0.2, 0) is 0 Å². The summed E-state index contributed by atoms with van der Waals surface area (Å²) in [6.07, 6.45) is 0.174. The van der Waals surface area contributed by atoms with E-state index in [-0.39, 0.29) is 12.1 Å². The lowest BCUT2D eigenvalue weighted by atomic mass is 9.99. The standard InChI is InChI=1S/C17H21NO2/c1-12(2)20-15-9-7-13(8-10-15)17(18)14-5-4-6-16(11-14)19-3/h4-12,17H,18H2,1-3H3. The van der Waals surface area contributed by atoms with Gasteiger partial charge in [-0.15, -0.1) is 0 Å². The van der Waals surface area contributed by atoms with Gasteiger partial charge in [0.15, 0.2) is 0 Å². The van der Waals surface area contributed by atoms with Crippen LogP contribution in [0.5, 0.6) is 11.5 Å². The number of hydrogen-bond donors (Lipinski definition) is 1. The molecule has 0 aliphatic carbocycles. The predicted octanol–water partition coefficient (Wildman–Crippen LogP) is 3.53. The fourth-order valence-electron chi connectivity index (χ4n) is 2.05. The van der Waals surface area contributed by atoms with Crippen molar-refractivity contribution >= 4 is 0 Å². The summed E-state index contributed by atoms with van der Waals surface area (Å²) in [7, 11) is 1.66. The molecule has 0 fully saturated rings. The van der Waals surface area contributed by atoms with Crippen LogP contribution < -0.4 is 15.2 Å². The number of rotatable bonds is 5. The van der Waals surface area contributed by atoms with Gasteiger partial charge in [0.2, 0.25) is 0 Å². The van der Waals surface area contributed by atoms with E-state index in [1.165, 1.54) is 0 Å². The minimum atomic E-state index is -0.168. The van der Waals surface area contributed by atoms with Gasteiger partial charge in [-0.3, -0.25) is 0 Å². The molecule has 3 heteroatoms. The van der Waals surface area contributed by atoms with Gasteiger partial charge < -0.3 is 15.2 Å². The number of ether oxygens (including phenoxy) is 2. The van der Waals surface area contributed by atoms with Crippen LogP contribution in [-0.4, -0.2) is 13.2 Å². The van der Waals surface area contributed by atoms with Gasteiger partial charge >= 0.3 is 0 Å². The van der Waals surface area contributed by atoms with E-state index in [1.807, 2.05) is 62.4 Å². The summed E-state index contributed by atoms with van der Waals surface area (Å²) in [4.78, 5) is 0. The van der Waals surface area contributed by atoms with Gasteiger partial charge in [0.1, 0.15) is 11.5 Å². The first-order chi connectivity index (χ1) is 9.60. The molecule has 0 spiro atoms. The molecule has 0 bridgehead atoms. The van der Waals surface area contributed by atoms with E-state index in [4.69, 9.17) is 15.2 Å². The lowest BCUT2D eigenvalue weighted by Crippen LogP contribution is -2.12. The number of hydrogen-bond acceptors (Lipinski definition) is 3. The lowest BCUT2D eigenvalue weighted by molar-refractivity contribution is 0.242. The van der Waals surface area contributed by atoms with Crippen LogP contribution in [0.25, 0.3) is 0 Å². The summed E-state index contributed by atoms with van der Waals surface area (Å²) < 4.78 is 10.9. The molecule has 2 aromatic rings. The lowest BCUT2D eigenvalue weighted by Gasteiger charge is -2.15. The zero-order chi connectivity index (χ0) is 14.5. The average molecular weight is 271 g/mol. The van der Waals surface area contributed by atoms with Crippen molar-refractivity contribution < 1.29 is 9.47 Å². The Morgan fingerprint density at radius 3 is 2.20 bits per heavy atom. The average Bonchev–Trinajstić information content (AvgIpc) is 2.47. The van der Waals surface area contributed by atoms with E-state index in [1.54, 1.807) is 7.11 Å². The van der Waals surface area contributed by atoms with Gasteiger partial charge in [-0.2, -0.15) is 0 Å². The quantitative estimate of drug-likeness (QED) is 0.904. The third-order valence-corrected chi connectivity index (χ3v) is 3.06. The Kier molecular flexibility index (Phi) is 4.64. The summed E-state index contributed by atoms with van der Waals surface area (Å²) in [5, 5.41) is 0. The van der Waals surface area contributed by atoms with Crippen molar-refractivity contribution in [2.24, 2.45) is 5.73 Å². The SMILES string of the molecule is COc1cccc(C(N)c2ccc(OC(C)C)cc2)c1. The van der Waals surface area contributed by atoms with Crippen LogP contribution >= 0.6 is 0 Å². The van der Waals surface area contributed by atoms with Gasteiger partial charge in [-0.25, -0.2) is 0 Å². The number of benzene rings is 2. The molecule has 0 amide bonds. The van der Waals surface area contributed by atoms with Gasteiger partial charge in [0, 0.05) is 0 Å². The van der Waals surface area contributed by atoms with Gasteiger partial charge in [-0.05, 0) is 49.2 Å². The Bertz CT molecular complexity index is 549. The van der Waals surface area contributed by atoms with Crippen molar-refractivity contribution in [1.82, 2.24) is 0 Å². The van der Waals surface area contributed by atoms with Crippen molar-refractivity contribution in [1.29, 1.82) is 0 Å². The van der Waals surface area contributed by atoms with E-state index in [2.05, 4.69) is 0 Å². The Morgan fingerprint density at radius 1 is 0.900 bits per heavy atom. The first-order valence-corrected chi connectivity index (χ1v) is 6.76. The molecule has 2 aromatic carbocycles. The van der Waals surface area contributed by atoms with Crippen LogP contribution in [0.1, 0.15) is 31.0 Å². The molecule has 0 saturated carbocycles. The predicted molar refractivity (Wildman–Crippen MR) is 81.2 cm³/mol. The van der Waals surface area contributed by atoms with E-state index in [0.29, 0.717) is 0 Å². The minimum Gasteiger partial charge on any atom is -0.497 e. The molecule has 1 atom stereocenters. The van der Waals surface area contributed by atoms with Gasteiger partial charge in [0.25, 0.3) is 0 Å². The molecular formula is C17H21NO2. The second-order valence-corrected chi connectivity index (χ2v) is 4.99. The Morgan fingerprint density at radius 2 is 1.60 bits per heavy atom. The maximum atomic E-state index is 6.29. The molecule has 106 valence electrons. The summed E-state index contributed by atoms with van der Waals surface area (Å²) >= 11 is 0. The second kappa shape index (κ2) is 6.44. The van der Waals surface area contributed by atoms with E-state index in [9.17, 15) is 0 Å². The number of methoxy groups -OCH3 is 1. The monoisotopic (exact) mass is 271 g/mol. The summed E-state index contributed by atoms with van der Waals surface area (Å²) in [6.45, 7) is 4.02. The zero-order valence-electron chi connectivity index (χ0n) is 12.2. The van der Waals surface area contributed by atoms with Crippen LogP contribution in [0.15, 0.2) is 48.5 Å². The van der Waals surface area contributed by atoms with Crippen LogP contribution in [0.3, 0.4) is 0 Å². The third kappa shape index (κ3) is 3.52. The Balaban J connectivity index is 2.17. The van der Waals surface area contributed by atoms with Gasteiger partial charge in [-0.1, -0.05) is 24.3 Å².